The molecule has 0 aliphatic carbocycles. The maximum atomic E-state index is 12.3. The molecular formula is C18H26F3NO2. The van der Waals surface area contributed by atoms with Crippen LogP contribution in [-0.2, 0) is 0 Å². The summed E-state index contributed by atoms with van der Waals surface area (Å²) < 4.78 is 48.7. The summed E-state index contributed by atoms with van der Waals surface area (Å²) in [5.74, 6) is 1.49. The Labute approximate surface area is 141 Å². The molecule has 0 amide bonds. The molecular weight excluding hydrogens is 319 g/mol. The molecule has 1 unspecified atom stereocenters. The molecule has 0 radical (unpaired) electrons. The summed E-state index contributed by atoms with van der Waals surface area (Å²) in [5, 5.41) is 0. The van der Waals surface area contributed by atoms with E-state index in [-0.39, 0.29) is 18.2 Å². The van der Waals surface area contributed by atoms with Crippen molar-refractivity contribution in [2.75, 3.05) is 19.6 Å². The summed E-state index contributed by atoms with van der Waals surface area (Å²) in [4.78, 5) is 1.83. The molecule has 1 saturated heterocycles. The van der Waals surface area contributed by atoms with Crippen LogP contribution < -0.4 is 9.47 Å². The third kappa shape index (κ3) is 6.99. The van der Waals surface area contributed by atoms with Gasteiger partial charge < -0.3 is 9.47 Å². The van der Waals surface area contributed by atoms with Gasteiger partial charge in [-0.25, -0.2) is 0 Å². The van der Waals surface area contributed by atoms with E-state index in [0.29, 0.717) is 13.1 Å². The first-order valence-corrected chi connectivity index (χ1v) is 8.36. The van der Waals surface area contributed by atoms with E-state index < -0.39 is 12.6 Å². The van der Waals surface area contributed by atoms with Crippen LogP contribution in [-0.4, -0.2) is 42.4 Å². The number of ether oxygens (including phenoxy) is 2. The van der Waals surface area contributed by atoms with E-state index in [1.165, 1.54) is 0 Å². The largest absolute Gasteiger partial charge is 0.489 e. The van der Waals surface area contributed by atoms with E-state index in [9.17, 15) is 13.2 Å². The van der Waals surface area contributed by atoms with E-state index in [1.54, 1.807) is 0 Å². The zero-order chi connectivity index (χ0) is 17.8. The highest BCUT2D eigenvalue weighted by atomic mass is 19.4. The maximum absolute atomic E-state index is 12.3. The van der Waals surface area contributed by atoms with Crippen LogP contribution in [0.1, 0.15) is 40.0 Å². The van der Waals surface area contributed by atoms with Gasteiger partial charge in [0.15, 0.2) is 0 Å². The topological polar surface area (TPSA) is 21.7 Å². The molecule has 0 saturated carbocycles. The first-order chi connectivity index (χ1) is 11.1. The third-order valence-corrected chi connectivity index (χ3v) is 3.72. The number of halogens is 3. The Bertz CT molecular complexity index is 508. The smallest absolute Gasteiger partial charge is 0.390 e. The highest BCUT2D eigenvalue weighted by Crippen LogP contribution is 2.25. The van der Waals surface area contributed by atoms with E-state index in [2.05, 4.69) is 0 Å². The Hall–Kier alpha value is -1.43. The molecule has 1 atom stereocenters. The second kappa shape index (κ2) is 7.64. The lowest BCUT2D eigenvalue weighted by atomic mass is 10.1. The van der Waals surface area contributed by atoms with Gasteiger partial charge in [-0.3, -0.25) is 4.90 Å². The van der Waals surface area contributed by atoms with Crippen LogP contribution in [0, 0.1) is 0 Å². The van der Waals surface area contributed by atoms with Crippen LogP contribution in [0.4, 0.5) is 13.2 Å². The number of hydrogen-bond donors (Lipinski definition) is 0. The lowest BCUT2D eigenvalue weighted by Crippen LogP contribution is -2.42. The van der Waals surface area contributed by atoms with Crippen molar-refractivity contribution in [3.8, 4) is 11.5 Å². The van der Waals surface area contributed by atoms with E-state index >= 15 is 0 Å². The number of likely N-dealkylation sites (tertiary alicyclic amines) is 1. The summed E-state index contributed by atoms with van der Waals surface area (Å²) >= 11 is 0. The molecule has 2 rings (SSSR count). The average molecular weight is 345 g/mol. The quantitative estimate of drug-likeness (QED) is 0.775. The van der Waals surface area contributed by atoms with Crippen LogP contribution in [0.15, 0.2) is 24.3 Å². The molecule has 1 aliphatic heterocycles. The lowest BCUT2D eigenvalue weighted by molar-refractivity contribution is -0.139. The normalized spacial score (nSPS) is 20.0. The average Bonchev–Trinajstić information content (AvgIpc) is 2.46. The number of hydrogen-bond acceptors (Lipinski definition) is 3. The van der Waals surface area contributed by atoms with Gasteiger partial charge in [0.1, 0.15) is 23.2 Å². The minimum Gasteiger partial charge on any atom is -0.489 e. The van der Waals surface area contributed by atoms with Crippen LogP contribution in [0.5, 0.6) is 11.5 Å². The first kappa shape index (κ1) is 18.9. The Morgan fingerprint density at radius 2 is 1.71 bits per heavy atom. The molecule has 0 spiro atoms. The van der Waals surface area contributed by atoms with Crippen molar-refractivity contribution in [1.82, 2.24) is 4.90 Å². The van der Waals surface area contributed by atoms with Crippen LogP contribution in [0.25, 0.3) is 0 Å². The van der Waals surface area contributed by atoms with Gasteiger partial charge in [0.05, 0.1) is 6.42 Å². The van der Waals surface area contributed by atoms with Crippen LogP contribution in [0.3, 0.4) is 0 Å². The Morgan fingerprint density at radius 1 is 1.08 bits per heavy atom. The third-order valence-electron chi connectivity index (χ3n) is 3.72. The van der Waals surface area contributed by atoms with Gasteiger partial charge in [-0.15, -0.1) is 0 Å². The molecule has 1 aromatic rings. The molecule has 1 aliphatic rings. The Balaban J connectivity index is 1.84. The minimum atomic E-state index is -4.10. The van der Waals surface area contributed by atoms with Gasteiger partial charge in [-0.05, 0) is 64.4 Å². The first-order valence-electron chi connectivity index (χ1n) is 8.36. The number of benzene rings is 1. The molecule has 136 valence electrons. The molecule has 1 heterocycles. The Kier molecular flexibility index (Phi) is 6.01. The van der Waals surface area contributed by atoms with E-state index in [0.717, 1.165) is 24.3 Å². The zero-order valence-electron chi connectivity index (χ0n) is 14.5. The van der Waals surface area contributed by atoms with Crippen molar-refractivity contribution >= 4 is 0 Å². The SMILES string of the molecule is CC(C)(C)Oc1ccc(OC2CCCN(CCC(F)(F)F)C2)cc1. The number of rotatable bonds is 5. The van der Waals surface area contributed by atoms with E-state index in [4.69, 9.17) is 9.47 Å². The summed E-state index contributed by atoms with van der Waals surface area (Å²) in [6, 6.07) is 7.39. The number of piperidine rings is 1. The fraction of sp³-hybridized carbons (Fsp3) is 0.667. The standard InChI is InChI=1S/C18H26F3NO2/c1-17(2,3)24-15-8-6-14(7-9-15)23-16-5-4-11-22(13-16)12-10-18(19,20)21/h6-9,16H,4-5,10-13H2,1-3H3. The van der Waals surface area contributed by atoms with Crippen molar-refractivity contribution in [3.05, 3.63) is 24.3 Å². The maximum Gasteiger partial charge on any atom is 0.390 e. The molecule has 24 heavy (non-hydrogen) atoms. The van der Waals surface area contributed by atoms with Crippen molar-refractivity contribution in [2.45, 2.75) is 57.9 Å². The van der Waals surface area contributed by atoms with E-state index in [1.807, 2.05) is 49.9 Å². The second-order valence-corrected chi connectivity index (χ2v) is 7.23. The molecule has 0 N–H and O–H groups in total. The van der Waals surface area contributed by atoms with Gasteiger partial charge in [0.2, 0.25) is 0 Å². The summed E-state index contributed by atoms with van der Waals surface area (Å²) in [6.07, 6.45) is -3.22. The predicted octanol–water partition coefficient (Wildman–Crippen LogP) is 4.66. The molecule has 6 heteroatoms. The number of nitrogens with zero attached hydrogens (tertiary/aromatic N) is 1. The molecule has 0 aromatic heterocycles. The van der Waals surface area contributed by atoms with Gasteiger partial charge >= 0.3 is 6.18 Å². The predicted molar refractivity (Wildman–Crippen MR) is 87.6 cm³/mol. The van der Waals surface area contributed by atoms with Crippen molar-refractivity contribution in [2.24, 2.45) is 0 Å². The van der Waals surface area contributed by atoms with Gasteiger partial charge in [-0.2, -0.15) is 13.2 Å². The summed E-state index contributed by atoms with van der Waals surface area (Å²) in [5.41, 5.74) is -0.259. The van der Waals surface area contributed by atoms with Crippen LogP contribution >= 0.6 is 0 Å². The monoisotopic (exact) mass is 345 g/mol. The van der Waals surface area contributed by atoms with Gasteiger partial charge in [0, 0.05) is 13.1 Å². The zero-order valence-corrected chi connectivity index (χ0v) is 14.5. The fourth-order valence-electron chi connectivity index (χ4n) is 2.73. The second-order valence-electron chi connectivity index (χ2n) is 7.23. The minimum absolute atomic E-state index is 0.0434. The summed E-state index contributed by atoms with van der Waals surface area (Å²) in [7, 11) is 0. The highest BCUT2D eigenvalue weighted by Gasteiger charge is 2.29. The van der Waals surface area contributed by atoms with Crippen LogP contribution in [0.2, 0.25) is 0 Å². The van der Waals surface area contributed by atoms with Crippen molar-refractivity contribution < 1.29 is 22.6 Å². The molecule has 1 fully saturated rings. The lowest BCUT2D eigenvalue weighted by Gasteiger charge is -2.33. The number of alkyl halides is 3. The van der Waals surface area contributed by atoms with Gasteiger partial charge in [-0.1, -0.05) is 0 Å². The highest BCUT2D eigenvalue weighted by molar-refractivity contribution is 5.31. The van der Waals surface area contributed by atoms with Crippen molar-refractivity contribution in [3.63, 3.8) is 0 Å². The fourth-order valence-corrected chi connectivity index (χ4v) is 2.73. The summed E-state index contributed by atoms with van der Waals surface area (Å²) in [6.45, 7) is 7.23. The van der Waals surface area contributed by atoms with Crippen molar-refractivity contribution in [1.29, 1.82) is 0 Å². The molecule has 0 bridgehead atoms. The molecule has 1 aromatic carbocycles. The Morgan fingerprint density at radius 3 is 2.29 bits per heavy atom. The van der Waals surface area contributed by atoms with Gasteiger partial charge in [0.25, 0.3) is 0 Å². The molecule has 3 nitrogen and oxygen atoms in total.